The second kappa shape index (κ2) is 6.82. The Kier molecular flexibility index (Phi) is 4.88. The summed E-state index contributed by atoms with van der Waals surface area (Å²) >= 11 is 0. The molecule has 5 nitrogen and oxygen atoms in total. The van der Waals surface area contributed by atoms with Gasteiger partial charge in [0.25, 0.3) is 0 Å². The van der Waals surface area contributed by atoms with Gasteiger partial charge in [-0.05, 0) is 66.8 Å². The number of Topliss-reactive ketones (excluding diaryl/α,β-unsaturated/α-hetero) is 1. The maximum Gasteiger partial charge on any atom is 0.142 e. The molecule has 0 amide bonds. The van der Waals surface area contributed by atoms with Crippen LogP contribution in [0.5, 0.6) is 0 Å². The predicted molar refractivity (Wildman–Crippen MR) is 100 cm³/mol. The Morgan fingerprint density at radius 2 is 2.04 bits per heavy atom. The number of hydrogen-bond donors (Lipinski definition) is 3. The third-order valence-electron chi connectivity index (χ3n) is 8.44. The summed E-state index contributed by atoms with van der Waals surface area (Å²) in [5.41, 5.74) is 8.04. The lowest BCUT2D eigenvalue weighted by Crippen LogP contribution is -2.57. The van der Waals surface area contributed by atoms with Crippen LogP contribution in [0, 0.1) is 34.5 Å². The van der Waals surface area contributed by atoms with Gasteiger partial charge < -0.3 is 10.8 Å². The van der Waals surface area contributed by atoms with Crippen LogP contribution in [-0.4, -0.2) is 36.3 Å². The molecule has 0 aromatic carbocycles. The van der Waals surface area contributed by atoms with Gasteiger partial charge >= 0.3 is 0 Å². The van der Waals surface area contributed by atoms with Crippen LogP contribution in [0.25, 0.3) is 0 Å². The summed E-state index contributed by atoms with van der Waals surface area (Å²) in [5, 5.41) is 10.5. The van der Waals surface area contributed by atoms with Crippen molar-refractivity contribution in [2.75, 3.05) is 13.2 Å². The summed E-state index contributed by atoms with van der Waals surface area (Å²) in [7, 11) is 0. The Balaban J connectivity index is 1.61. The van der Waals surface area contributed by atoms with E-state index in [9.17, 15) is 14.3 Å². The highest BCUT2D eigenvalue weighted by molar-refractivity contribution is 5.85. The van der Waals surface area contributed by atoms with Crippen molar-refractivity contribution in [1.29, 1.82) is 0 Å². The van der Waals surface area contributed by atoms with Crippen LogP contribution in [0.4, 0.5) is 4.39 Å². The fourth-order valence-electron chi connectivity index (χ4n) is 6.95. The lowest BCUT2D eigenvalue weighted by molar-refractivity contribution is -0.150. The van der Waals surface area contributed by atoms with Gasteiger partial charge in [-0.25, -0.2) is 4.39 Å². The van der Waals surface area contributed by atoms with E-state index in [1.54, 1.807) is 6.08 Å². The number of aliphatic hydroxyl groups is 1. The molecule has 27 heavy (non-hydrogen) atoms. The molecule has 3 unspecified atom stereocenters. The molecule has 4 aliphatic carbocycles. The molecule has 0 saturated heterocycles. The van der Waals surface area contributed by atoms with Crippen LogP contribution < -0.4 is 11.2 Å². The van der Waals surface area contributed by atoms with Crippen molar-refractivity contribution in [3.05, 3.63) is 11.8 Å². The Hall–Kier alpha value is -0.980. The Labute approximate surface area is 160 Å². The molecular weight excluding hydrogens is 347 g/mol. The Morgan fingerprint density at radius 3 is 2.78 bits per heavy atom. The number of alkyl halides is 1. The summed E-state index contributed by atoms with van der Waals surface area (Å²) in [6.07, 6.45) is 5.03. The van der Waals surface area contributed by atoms with E-state index in [1.807, 2.05) is 0 Å². The van der Waals surface area contributed by atoms with Crippen LogP contribution in [0.15, 0.2) is 11.8 Å². The van der Waals surface area contributed by atoms with Crippen molar-refractivity contribution < 1.29 is 19.1 Å². The van der Waals surface area contributed by atoms with E-state index in [4.69, 9.17) is 10.6 Å². The molecule has 4 rings (SSSR count). The second-order valence-corrected chi connectivity index (χ2v) is 9.70. The molecule has 0 aliphatic heterocycles. The van der Waals surface area contributed by atoms with E-state index in [0.29, 0.717) is 43.5 Å². The minimum Gasteiger partial charge on any atom is -0.393 e. The number of nitrogens with one attached hydrogen (secondary N) is 1. The number of carbonyl (C=O) groups excluding carboxylic acids is 1. The molecule has 0 bridgehead atoms. The average molecular weight is 381 g/mol. The highest BCUT2D eigenvalue weighted by atomic mass is 19.1. The first-order chi connectivity index (χ1) is 12.8. The molecule has 3 saturated carbocycles. The second-order valence-electron chi connectivity index (χ2n) is 9.70. The number of carbonyl (C=O) groups is 1. The van der Waals surface area contributed by atoms with Gasteiger partial charge in [-0.15, -0.1) is 0 Å². The van der Waals surface area contributed by atoms with E-state index < -0.39 is 6.17 Å². The normalized spacial score (nSPS) is 49.1. The third kappa shape index (κ3) is 2.87. The zero-order chi connectivity index (χ0) is 19.4. The Bertz CT molecular complexity index is 641. The molecule has 152 valence electrons. The third-order valence-corrected chi connectivity index (χ3v) is 8.44. The van der Waals surface area contributed by atoms with Crippen LogP contribution in [0.3, 0.4) is 0 Å². The smallest absolute Gasteiger partial charge is 0.142 e. The summed E-state index contributed by atoms with van der Waals surface area (Å²) in [5.74, 6) is 0.949. The first kappa shape index (κ1) is 19.3. The zero-order valence-electron chi connectivity index (χ0n) is 16.4. The maximum absolute atomic E-state index is 15.0. The summed E-state index contributed by atoms with van der Waals surface area (Å²) in [6.45, 7) is 4.96. The summed E-state index contributed by atoms with van der Waals surface area (Å²) in [6, 6.07) is 0. The molecular formula is C21H33FN2O3. The van der Waals surface area contributed by atoms with Crippen molar-refractivity contribution >= 4 is 5.78 Å². The number of allylic oxidation sites excluding steroid dienone is 2. The van der Waals surface area contributed by atoms with Gasteiger partial charge in [-0.2, -0.15) is 0 Å². The lowest BCUT2D eigenvalue weighted by Gasteiger charge is -2.58. The van der Waals surface area contributed by atoms with Gasteiger partial charge in [0.15, 0.2) is 0 Å². The van der Waals surface area contributed by atoms with Crippen LogP contribution in [-0.2, 0) is 9.63 Å². The number of aliphatic hydroxyl groups excluding tert-OH is 1. The number of hydroxylamine groups is 1. The van der Waals surface area contributed by atoms with Gasteiger partial charge in [0.1, 0.15) is 12.0 Å². The van der Waals surface area contributed by atoms with Gasteiger partial charge in [0.05, 0.1) is 18.4 Å². The van der Waals surface area contributed by atoms with Gasteiger partial charge in [0.2, 0.25) is 0 Å². The fraction of sp³-hybridized carbons (Fsp3) is 0.857. The zero-order valence-corrected chi connectivity index (χ0v) is 16.4. The molecule has 3 fully saturated rings. The van der Waals surface area contributed by atoms with E-state index in [0.717, 1.165) is 25.7 Å². The fourth-order valence-corrected chi connectivity index (χ4v) is 6.95. The molecule has 8 atom stereocenters. The van der Waals surface area contributed by atoms with Crippen LogP contribution in [0.2, 0.25) is 0 Å². The van der Waals surface area contributed by atoms with Crippen molar-refractivity contribution in [3.8, 4) is 0 Å². The average Bonchev–Trinajstić information content (AvgIpc) is 2.92. The number of ketones is 1. The maximum atomic E-state index is 15.0. The highest BCUT2D eigenvalue weighted by Gasteiger charge is 2.62. The SMILES string of the molecule is C[C@]12CC(F)C(NOCCN)=CC1C(=O)C[C@@H]1[C@H]2CC[C@]2(C)C(O)CC[C@@H]12. The number of hydrogen-bond acceptors (Lipinski definition) is 5. The molecule has 4 N–H and O–H groups in total. The van der Waals surface area contributed by atoms with Crippen molar-refractivity contribution in [2.45, 2.75) is 64.6 Å². The minimum atomic E-state index is -1.15. The molecule has 0 aromatic rings. The number of nitrogens with two attached hydrogens (primary N) is 1. The van der Waals surface area contributed by atoms with Crippen LogP contribution in [0.1, 0.15) is 52.4 Å². The minimum absolute atomic E-state index is 0.0763. The molecule has 0 spiro atoms. The van der Waals surface area contributed by atoms with E-state index >= 15 is 0 Å². The van der Waals surface area contributed by atoms with Crippen LogP contribution >= 0.6 is 0 Å². The highest BCUT2D eigenvalue weighted by Crippen LogP contribution is 2.65. The van der Waals surface area contributed by atoms with Gasteiger partial charge in [-0.1, -0.05) is 13.8 Å². The van der Waals surface area contributed by atoms with Gasteiger partial charge in [-0.3, -0.25) is 15.1 Å². The van der Waals surface area contributed by atoms with Crippen molar-refractivity contribution in [1.82, 2.24) is 5.48 Å². The molecule has 0 aromatic heterocycles. The Morgan fingerprint density at radius 1 is 1.30 bits per heavy atom. The standard InChI is InChI=1S/C21H33FN2O3/c1-20-6-5-14-12(13(20)3-4-19(20)26)9-18(25)15-10-17(24-27-8-7-23)16(22)11-21(14,15)2/h10,12-16,19,24,26H,3-9,11,23H2,1-2H3/t12-,13-,14+,15?,16?,19?,20-,21+/m0/s1. The van der Waals surface area contributed by atoms with Crippen molar-refractivity contribution in [2.24, 2.45) is 40.2 Å². The largest absolute Gasteiger partial charge is 0.393 e. The predicted octanol–water partition coefficient (Wildman–Crippen LogP) is 2.49. The van der Waals surface area contributed by atoms with Crippen molar-refractivity contribution in [3.63, 3.8) is 0 Å². The van der Waals surface area contributed by atoms with E-state index in [1.165, 1.54) is 0 Å². The molecule has 0 radical (unpaired) electrons. The molecule has 6 heteroatoms. The summed E-state index contributed by atoms with van der Waals surface area (Å²) < 4.78 is 15.0. The lowest BCUT2D eigenvalue weighted by atomic mass is 9.45. The first-order valence-corrected chi connectivity index (χ1v) is 10.5. The topological polar surface area (TPSA) is 84.6 Å². The van der Waals surface area contributed by atoms with E-state index in [-0.39, 0.29) is 34.6 Å². The molecule has 0 heterocycles. The number of rotatable bonds is 4. The monoisotopic (exact) mass is 380 g/mol. The number of halogens is 1. The number of fused-ring (bicyclic) bond motifs is 5. The quantitative estimate of drug-likeness (QED) is 0.515. The molecule has 4 aliphatic rings. The summed E-state index contributed by atoms with van der Waals surface area (Å²) in [4.78, 5) is 18.3. The van der Waals surface area contributed by atoms with Gasteiger partial charge in [0, 0.05) is 18.9 Å². The van der Waals surface area contributed by atoms with E-state index in [2.05, 4.69) is 19.3 Å². The first-order valence-electron chi connectivity index (χ1n) is 10.5.